The van der Waals surface area contributed by atoms with Gasteiger partial charge in [0.05, 0.1) is 6.07 Å². The second-order valence-electron chi connectivity index (χ2n) is 2.83. The van der Waals surface area contributed by atoms with Crippen LogP contribution in [0.5, 0.6) is 0 Å². The molecule has 0 aliphatic carbocycles. The molecule has 0 N–H and O–H groups in total. The number of allylic oxidation sites excluding steroid dienone is 5. The topological polar surface area (TPSA) is 23.8 Å². The molecular formula is C12H17N. The molecule has 0 aromatic carbocycles. The number of rotatable bonds is 7. The normalized spacial score (nSPS) is 10.7. The van der Waals surface area contributed by atoms with Crippen LogP contribution in [-0.4, -0.2) is 0 Å². The van der Waals surface area contributed by atoms with Gasteiger partial charge >= 0.3 is 0 Å². The lowest BCUT2D eigenvalue weighted by molar-refractivity contribution is 0.696. The summed E-state index contributed by atoms with van der Waals surface area (Å²) in [5.74, 6) is 0. The van der Waals surface area contributed by atoms with Crippen LogP contribution in [0, 0.1) is 11.3 Å². The Kier molecular flexibility index (Phi) is 9.65. The Morgan fingerprint density at radius 1 is 1.08 bits per heavy atom. The van der Waals surface area contributed by atoms with Crippen molar-refractivity contribution in [2.45, 2.75) is 32.1 Å². The van der Waals surface area contributed by atoms with E-state index in [1.165, 1.54) is 19.3 Å². The first-order chi connectivity index (χ1) is 6.41. The van der Waals surface area contributed by atoms with Crippen molar-refractivity contribution in [1.82, 2.24) is 0 Å². The van der Waals surface area contributed by atoms with Gasteiger partial charge < -0.3 is 0 Å². The lowest BCUT2D eigenvalue weighted by atomic mass is 10.1. The molecule has 0 fully saturated rings. The zero-order valence-corrected chi connectivity index (χ0v) is 8.08. The van der Waals surface area contributed by atoms with Crippen LogP contribution < -0.4 is 0 Å². The molecule has 0 aromatic heterocycles. The van der Waals surface area contributed by atoms with Crippen molar-refractivity contribution in [2.24, 2.45) is 0 Å². The first-order valence-electron chi connectivity index (χ1n) is 4.74. The van der Waals surface area contributed by atoms with Gasteiger partial charge in [-0.25, -0.2) is 0 Å². The molecule has 0 saturated heterocycles. The van der Waals surface area contributed by atoms with Crippen LogP contribution in [0.25, 0.3) is 0 Å². The highest BCUT2D eigenvalue weighted by atomic mass is 14.2. The van der Waals surface area contributed by atoms with Crippen molar-refractivity contribution in [3.63, 3.8) is 0 Å². The van der Waals surface area contributed by atoms with E-state index in [0.29, 0.717) is 0 Å². The molecule has 0 saturated carbocycles. The molecular weight excluding hydrogens is 158 g/mol. The first kappa shape index (κ1) is 11.7. The van der Waals surface area contributed by atoms with Gasteiger partial charge in [-0.05, 0) is 25.7 Å². The molecule has 0 spiro atoms. The highest BCUT2D eigenvalue weighted by molar-refractivity contribution is 5.01. The molecule has 0 aliphatic rings. The van der Waals surface area contributed by atoms with Gasteiger partial charge in [0.25, 0.3) is 0 Å². The number of nitriles is 1. The van der Waals surface area contributed by atoms with Crippen LogP contribution in [0.4, 0.5) is 0 Å². The van der Waals surface area contributed by atoms with E-state index in [2.05, 4.69) is 12.7 Å². The molecule has 0 bridgehead atoms. The Morgan fingerprint density at radius 2 is 1.77 bits per heavy atom. The van der Waals surface area contributed by atoms with Crippen molar-refractivity contribution in [3.05, 3.63) is 37.0 Å². The van der Waals surface area contributed by atoms with Crippen molar-refractivity contribution < 1.29 is 0 Å². The fourth-order valence-electron chi connectivity index (χ4n) is 1.03. The molecule has 0 aromatic rings. The molecule has 0 aliphatic heterocycles. The van der Waals surface area contributed by atoms with Crippen LogP contribution in [0.15, 0.2) is 37.0 Å². The molecule has 0 heterocycles. The number of unbranched alkanes of at least 4 members (excludes halogenated alkanes) is 4. The molecule has 13 heavy (non-hydrogen) atoms. The van der Waals surface area contributed by atoms with Gasteiger partial charge in [0.2, 0.25) is 0 Å². The van der Waals surface area contributed by atoms with E-state index in [9.17, 15) is 0 Å². The summed E-state index contributed by atoms with van der Waals surface area (Å²) in [5.41, 5.74) is 0. The van der Waals surface area contributed by atoms with Gasteiger partial charge in [-0.2, -0.15) is 5.26 Å². The average Bonchev–Trinajstić information content (AvgIpc) is 2.16. The minimum absolute atomic E-state index is 1.03. The second kappa shape index (κ2) is 10.7. The van der Waals surface area contributed by atoms with Crippen LogP contribution in [0.3, 0.4) is 0 Å². The molecule has 0 atom stereocenters. The SMILES string of the molecule is C=C/C=C/CCCCC/C=C/C#N. The van der Waals surface area contributed by atoms with E-state index >= 15 is 0 Å². The lowest BCUT2D eigenvalue weighted by Gasteiger charge is -1.93. The maximum atomic E-state index is 8.21. The molecule has 0 amide bonds. The van der Waals surface area contributed by atoms with E-state index in [1.54, 1.807) is 12.2 Å². The van der Waals surface area contributed by atoms with Crippen molar-refractivity contribution in [1.29, 1.82) is 5.26 Å². The van der Waals surface area contributed by atoms with Gasteiger partial charge in [0.1, 0.15) is 0 Å². The zero-order chi connectivity index (χ0) is 9.78. The van der Waals surface area contributed by atoms with Crippen LogP contribution >= 0.6 is 0 Å². The highest BCUT2D eigenvalue weighted by Crippen LogP contribution is 2.04. The summed E-state index contributed by atoms with van der Waals surface area (Å²) in [6, 6.07) is 1.98. The molecule has 0 radical (unpaired) electrons. The second-order valence-corrected chi connectivity index (χ2v) is 2.83. The number of hydrogen-bond acceptors (Lipinski definition) is 1. The van der Waals surface area contributed by atoms with E-state index in [1.807, 2.05) is 18.2 Å². The predicted molar refractivity (Wildman–Crippen MR) is 57.2 cm³/mol. The fourth-order valence-corrected chi connectivity index (χ4v) is 1.03. The summed E-state index contributed by atoms with van der Waals surface area (Å²) in [6.07, 6.45) is 15.2. The lowest BCUT2D eigenvalue weighted by Crippen LogP contribution is -1.74. The number of nitrogens with zero attached hydrogens (tertiary/aromatic N) is 1. The summed E-state index contributed by atoms with van der Waals surface area (Å²) in [6.45, 7) is 3.60. The minimum Gasteiger partial charge on any atom is -0.193 e. The zero-order valence-electron chi connectivity index (χ0n) is 8.08. The third-order valence-electron chi connectivity index (χ3n) is 1.71. The van der Waals surface area contributed by atoms with E-state index < -0.39 is 0 Å². The predicted octanol–water partition coefficient (Wildman–Crippen LogP) is 3.76. The Labute approximate surface area is 81.1 Å². The maximum Gasteiger partial charge on any atom is 0.0908 e. The largest absolute Gasteiger partial charge is 0.193 e. The monoisotopic (exact) mass is 175 g/mol. The van der Waals surface area contributed by atoms with E-state index in [4.69, 9.17) is 5.26 Å². The maximum absolute atomic E-state index is 8.21. The summed E-state index contributed by atoms with van der Waals surface area (Å²) < 4.78 is 0. The Hall–Kier alpha value is -1.29. The average molecular weight is 175 g/mol. The van der Waals surface area contributed by atoms with Crippen molar-refractivity contribution >= 4 is 0 Å². The third kappa shape index (κ3) is 10.7. The summed E-state index contributed by atoms with van der Waals surface area (Å²) in [7, 11) is 0. The smallest absolute Gasteiger partial charge is 0.0908 e. The molecule has 1 heteroatoms. The van der Waals surface area contributed by atoms with Crippen molar-refractivity contribution in [3.8, 4) is 6.07 Å². The molecule has 1 nitrogen and oxygen atoms in total. The van der Waals surface area contributed by atoms with Gasteiger partial charge in [-0.15, -0.1) is 0 Å². The van der Waals surface area contributed by atoms with E-state index in [-0.39, 0.29) is 0 Å². The van der Waals surface area contributed by atoms with Gasteiger partial charge in [-0.3, -0.25) is 0 Å². The summed E-state index contributed by atoms with van der Waals surface area (Å²) >= 11 is 0. The minimum atomic E-state index is 1.03. The van der Waals surface area contributed by atoms with Gasteiger partial charge in [0, 0.05) is 6.08 Å². The third-order valence-corrected chi connectivity index (χ3v) is 1.71. The van der Waals surface area contributed by atoms with E-state index in [0.717, 1.165) is 12.8 Å². The first-order valence-corrected chi connectivity index (χ1v) is 4.74. The molecule has 0 rings (SSSR count). The quantitative estimate of drug-likeness (QED) is 0.328. The Morgan fingerprint density at radius 3 is 2.38 bits per heavy atom. The van der Waals surface area contributed by atoms with Crippen molar-refractivity contribution in [2.75, 3.05) is 0 Å². The van der Waals surface area contributed by atoms with Crippen LogP contribution in [-0.2, 0) is 0 Å². The molecule has 0 unspecified atom stereocenters. The summed E-state index contributed by atoms with van der Waals surface area (Å²) in [5, 5.41) is 8.21. The molecule has 70 valence electrons. The van der Waals surface area contributed by atoms with Crippen LogP contribution in [0.2, 0.25) is 0 Å². The number of hydrogen-bond donors (Lipinski definition) is 0. The van der Waals surface area contributed by atoms with Gasteiger partial charge in [-0.1, -0.05) is 37.3 Å². The van der Waals surface area contributed by atoms with Crippen LogP contribution in [0.1, 0.15) is 32.1 Å². The Bertz CT molecular complexity index is 206. The Balaban J connectivity index is 3.09. The summed E-state index contributed by atoms with van der Waals surface area (Å²) in [4.78, 5) is 0. The van der Waals surface area contributed by atoms with Gasteiger partial charge in [0.15, 0.2) is 0 Å². The standard InChI is InChI=1S/C12H17N/c1-2-3-4-5-6-7-8-9-10-11-12-13/h2-4,10-11H,1,5-9H2/b4-3+,11-10+. The highest BCUT2D eigenvalue weighted by Gasteiger charge is 1.84. The fraction of sp³-hybridized carbons (Fsp3) is 0.417.